The first-order valence-electron chi connectivity index (χ1n) is 9.67. The molecule has 0 atom stereocenters. The SMILES string of the molecule is O=C(O)c1cccc(C(=O)OS(c2ccccc2)(c2ccccc2)c2ccccc2)c1.[Ca+2].[H-].[H-]. The van der Waals surface area contributed by atoms with E-state index in [1.54, 1.807) is 12.1 Å². The molecule has 0 radical (unpaired) electrons. The number of carboxylic acid groups (broad SMARTS) is 1. The second-order valence-electron chi connectivity index (χ2n) is 6.75. The van der Waals surface area contributed by atoms with E-state index >= 15 is 0 Å². The Labute approximate surface area is 221 Å². The van der Waals surface area contributed by atoms with Crippen molar-refractivity contribution in [1.82, 2.24) is 0 Å². The molecule has 32 heavy (non-hydrogen) atoms. The molecule has 0 spiro atoms. The molecule has 0 saturated carbocycles. The zero-order valence-electron chi connectivity index (χ0n) is 19.3. The van der Waals surface area contributed by atoms with Crippen LogP contribution in [0.25, 0.3) is 0 Å². The van der Waals surface area contributed by atoms with Crippen LogP contribution in [0.15, 0.2) is 130 Å². The maximum atomic E-state index is 13.4. The molecule has 4 aromatic carbocycles. The van der Waals surface area contributed by atoms with Crippen molar-refractivity contribution in [2.45, 2.75) is 14.7 Å². The van der Waals surface area contributed by atoms with Crippen molar-refractivity contribution in [2.75, 3.05) is 0 Å². The standard InChI is InChI=1S/C26H20O4S.Ca.2H/c27-25(28)20-11-10-12-21(19-20)26(29)30-31(22-13-4-1-5-14-22,23-15-6-2-7-16-23)24-17-8-3-9-18-24;;;/h1-19H,(H,27,28);;;/q;+2;2*-1. The van der Waals surface area contributed by atoms with Crippen molar-refractivity contribution in [3.8, 4) is 0 Å². The zero-order chi connectivity index (χ0) is 21.7. The Hall–Kier alpha value is -2.57. The molecule has 158 valence electrons. The number of carbonyl (C=O) groups excluding carboxylic acids is 1. The molecule has 4 aromatic rings. The van der Waals surface area contributed by atoms with Crippen molar-refractivity contribution in [2.24, 2.45) is 0 Å². The van der Waals surface area contributed by atoms with Crippen LogP contribution >= 0.6 is 10.3 Å². The van der Waals surface area contributed by atoms with Gasteiger partial charge in [-0.05, 0) is 64.9 Å². The first kappa shape index (κ1) is 24.1. The molecule has 0 aliphatic rings. The summed E-state index contributed by atoms with van der Waals surface area (Å²) in [7, 11) is -2.41. The van der Waals surface area contributed by atoms with Gasteiger partial charge in [-0.3, -0.25) is 0 Å². The van der Waals surface area contributed by atoms with E-state index in [0.717, 1.165) is 14.7 Å². The summed E-state index contributed by atoms with van der Waals surface area (Å²) in [5.74, 6) is -1.67. The van der Waals surface area contributed by atoms with Crippen LogP contribution in [-0.2, 0) is 4.18 Å². The van der Waals surface area contributed by atoms with E-state index in [4.69, 9.17) is 4.18 Å². The van der Waals surface area contributed by atoms with E-state index in [1.807, 2.05) is 91.0 Å². The van der Waals surface area contributed by atoms with Gasteiger partial charge in [0.15, 0.2) is 0 Å². The maximum absolute atomic E-state index is 13.4. The molecule has 0 aromatic heterocycles. The molecule has 1 N–H and O–H groups in total. The average Bonchev–Trinajstić information content (AvgIpc) is 2.84. The number of aromatic carboxylic acids is 1. The summed E-state index contributed by atoms with van der Waals surface area (Å²) in [6, 6.07) is 34.9. The molecule has 0 unspecified atom stereocenters. The van der Waals surface area contributed by atoms with Gasteiger partial charge < -0.3 is 12.1 Å². The molecule has 0 fully saturated rings. The normalized spacial score (nSPS) is 11.1. The second-order valence-corrected chi connectivity index (χ2v) is 9.45. The van der Waals surface area contributed by atoms with Crippen molar-refractivity contribution in [3.63, 3.8) is 0 Å². The molecule has 0 bridgehead atoms. The quantitative estimate of drug-likeness (QED) is 0.337. The number of carboxylic acids is 1. The minimum absolute atomic E-state index is 0. The van der Waals surface area contributed by atoms with Crippen LogP contribution in [0.4, 0.5) is 0 Å². The van der Waals surface area contributed by atoms with Gasteiger partial charge in [-0.25, -0.2) is 9.59 Å². The third kappa shape index (κ3) is 4.92. The number of carbonyl (C=O) groups is 2. The molecule has 0 saturated heterocycles. The van der Waals surface area contributed by atoms with Gasteiger partial charge in [-0.15, -0.1) is 0 Å². The molecule has 4 rings (SSSR count). The fourth-order valence-corrected chi connectivity index (χ4v) is 6.38. The average molecular weight is 471 g/mol. The number of hydrogen-bond acceptors (Lipinski definition) is 3. The van der Waals surface area contributed by atoms with E-state index in [2.05, 4.69) is 0 Å². The zero-order valence-corrected chi connectivity index (χ0v) is 20.3. The van der Waals surface area contributed by atoms with E-state index < -0.39 is 22.2 Å². The van der Waals surface area contributed by atoms with Gasteiger partial charge in [0, 0.05) is 14.7 Å². The molecular formula is C26H22CaO4S. The van der Waals surface area contributed by atoms with Gasteiger partial charge in [0.25, 0.3) is 0 Å². The summed E-state index contributed by atoms with van der Waals surface area (Å²) < 4.78 is 6.37. The first-order valence-corrected chi connectivity index (χ1v) is 11.2. The molecule has 0 amide bonds. The number of hydrogen-bond donors (Lipinski definition) is 1. The molecule has 0 aliphatic heterocycles. The van der Waals surface area contributed by atoms with E-state index in [0.29, 0.717) is 0 Å². The molecule has 0 aliphatic carbocycles. The van der Waals surface area contributed by atoms with Gasteiger partial charge in [-0.1, -0.05) is 60.7 Å². The monoisotopic (exact) mass is 470 g/mol. The number of benzene rings is 4. The van der Waals surface area contributed by atoms with Crippen molar-refractivity contribution < 1.29 is 21.7 Å². The van der Waals surface area contributed by atoms with Crippen LogP contribution in [0.5, 0.6) is 0 Å². The minimum atomic E-state index is -2.41. The second kappa shape index (κ2) is 10.8. The minimum Gasteiger partial charge on any atom is -1.00 e. The molecule has 4 nitrogen and oxygen atoms in total. The fourth-order valence-electron chi connectivity index (χ4n) is 3.33. The van der Waals surface area contributed by atoms with Gasteiger partial charge in [0.05, 0.1) is 11.1 Å². The van der Waals surface area contributed by atoms with Crippen LogP contribution in [0.1, 0.15) is 23.6 Å². The predicted octanol–water partition coefficient (Wildman–Crippen LogP) is 6.28. The largest absolute Gasteiger partial charge is 2.00 e. The fraction of sp³-hybridized carbons (Fsp3) is 0. The number of rotatable bonds is 6. The Morgan fingerprint density at radius 2 is 1.03 bits per heavy atom. The van der Waals surface area contributed by atoms with Gasteiger partial charge in [0.2, 0.25) is 0 Å². The first-order chi connectivity index (χ1) is 15.1. The van der Waals surface area contributed by atoms with Crippen LogP contribution in [0.2, 0.25) is 0 Å². The van der Waals surface area contributed by atoms with Crippen LogP contribution in [-0.4, -0.2) is 54.8 Å². The predicted molar refractivity (Wildman–Crippen MR) is 129 cm³/mol. The Balaban J connectivity index is 0.00000193. The topological polar surface area (TPSA) is 63.6 Å². The third-order valence-electron chi connectivity index (χ3n) is 4.77. The van der Waals surface area contributed by atoms with E-state index in [9.17, 15) is 14.7 Å². The van der Waals surface area contributed by atoms with Crippen LogP contribution < -0.4 is 0 Å². The molecular weight excluding hydrogens is 448 g/mol. The van der Waals surface area contributed by atoms with E-state index in [-0.39, 0.29) is 51.7 Å². The van der Waals surface area contributed by atoms with Crippen molar-refractivity contribution in [1.29, 1.82) is 0 Å². The Morgan fingerprint density at radius 3 is 1.44 bits per heavy atom. The van der Waals surface area contributed by atoms with Crippen LogP contribution in [0.3, 0.4) is 0 Å². The molecule has 6 heteroatoms. The Bertz CT molecular complexity index is 1110. The smallest absolute Gasteiger partial charge is 1.00 e. The summed E-state index contributed by atoms with van der Waals surface area (Å²) in [4.78, 5) is 27.4. The summed E-state index contributed by atoms with van der Waals surface area (Å²) in [5.41, 5.74) is 0.230. The van der Waals surface area contributed by atoms with Gasteiger partial charge in [-0.2, -0.15) is 0 Å². The van der Waals surface area contributed by atoms with Crippen LogP contribution in [0, 0.1) is 0 Å². The van der Waals surface area contributed by atoms with Gasteiger partial charge in [0.1, 0.15) is 0 Å². The Kier molecular flexibility index (Phi) is 8.15. The summed E-state index contributed by atoms with van der Waals surface area (Å²) in [6.07, 6.45) is 0. The van der Waals surface area contributed by atoms with Crippen molar-refractivity contribution in [3.05, 3.63) is 126 Å². The van der Waals surface area contributed by atoms with E-state index in [1.165, 1.54) is 12.1 Å². The van der Waals surface area contributed by atoms with Gasteiger partial charge >= 0.3 is 49.7 Å². The summed E-state index contributed by atoms with van der Waals surface area (Å²) in [5, 5.41) is 9.31. The summed E-state index contributed by atoms with van der Waals surface area (Å²) in [6.45, 7) is 0. The Morgan fingerprint density at radius 1 is 0.625 bits per heavy atom. The third-order valence-corrected chi connectivity index (χ3v) is 7.98. The molecule has 0 heterocycles. The summed E-state index contributed by atoms with van der Waals surface area (Å²) >= 11 is 0. The van der Waals surface area contributed by atoms with Crippen molar-refractivity contribution >= 4 is 60.0 Å². The maximum Gasteiger partial charge on any atom is 2.00 e.